The van der Waals surface area contributed by atoms with E-state index in [9.17, 15) is 9.59 Å². The summed E-state index contributed by atoms with van der Waals surface area (Å²) in [5.74, 6) is -1.31. The van der Waals surface area contributed by atoms with Crippen LogP contribution in [0.25, 0.3) is 10.9 Å². The van der Waals surface area contributed by atoms with Crippen LogP contribution < -0.4 is 5.32 Å². The van der Waals surface area contributed by atoms with Gasteiger partial charge in [0.05, 0.1) is 5.52 Å². The third-order valence-corrected chi connectivity index (χ3v) is 2.96. The molecule has 1 atom stereocenters. The molecule has 2 N–H and O–H groups in total. The molecule has 2 rings (SSSR count). The Morgan fingerprint density at radius 3 is 2.52 bits per heavy atom. The third-order valence-electron chi connectivity index (χ3n) is 2.96. The molecule has 0 aliphatic rings. The standard InChI is InChI=1S/C14H16N4O3/c1-8(13(19)18(2)3)15-11-9-6-4-5-7-10(9)16-12(17-11)14(20)21/h4-8H,1-3H3,(H,20,21)(H,15,16,17). The predicted octanol–water partition coefficient (Wildman–Crippen LogP) is 1.22. The lowest BCUT2D eigenvalue weighted by atomic mass is 10.2. The summed E-state index contributed by atoms with van der Waals surface area (Å²) < 4.78 is 0. The average Bonchev–Trinajstić information content (AvgIpc) is 2.45. The van der Waals surface area contributed by atoms with E-state index in [0.29, 0.717) is 16.7 Å². The van der Waals surface area contributed by atoms with Gasteiger partial charge in [-0.15, -0.1) is 0 Å². The molecular formula is C14H16N4O3. The number of carboxylic acid groups (broad SMARTS) is 1. The Balaban J connectivity index is 2.46. The number of carbonyl (C=O) groups is 2. The first-order valence-corrected chi connectivity index (χ1v) is 6.38. The molecule has 0 aliphatic heterocycles. The van der Waals surface area contributed by atoms with Crippen LogP contribution in [0.4, 0.5) is 5.82 Å². The maximum Gasteiger partial charge on any atom is 0.374 e. The van der Waals surface area contributed by atoms with Gasteiger partial charge in [0, 0.05) is 19.5 Å². The zero-order chi connectivity index (χ0) is 15.6. The molecule has 1 aromatic carbocycles. The minimum atomic E-state index is -1.21. The topological polar surface area (TPSA) is 95.4 Å². The molecule has 0 saturated heterocycles. The molecule has 1 heterocycles. The minimum absolute atomic E-state index is 0.130. The summed E-state index contributed by atoms with van der Waals surface area (Å²) in [5, 5.41) is 12.7. The molecule has 0 bridgehead atoms. The van der Waals surface area contributed by atoms with Crippen molar-refractivity contribution in [3.63, 3.8) is 0 Å². The average molecular weight is 288 g/mol. The normalized spacial score (nSPS) is 12.0. The first-order chi connectivity index (χ1) is 9.90. The van der Waals surface area contributed by atoms with Gasteiger partial charge < -0.3 is 15.3 Å². The van der Waals surface area contributed by atoms with Crippen molar-refractivity contribution < 1.29 is 14.7 Å². The largest absolute Gasteiger partial charge is 0.475 e. The summed E-state index contributed by atoms with van der Waals surface area (Å²) in [4.78, 5) is 32.4. The van der Waals surface area contributed by atoms with Crippen molar-refractivity contribution in [1.29, 1.82) is 0 Å². The van der Waals surface area contributed by atoms with E-state index in [2.05, 4.69) is 15.3 Å². The first-order valence-electron chi connectivity index (χ1n) is 6.38. The lowest BCUT2D eigenvalue weighted by molar-refractivity contribution is -0.129. The van der Waals surface area contributed by atoms with Crippen LogP contribution in [-0.4, -0.2) is 52.0 Å². The molecule has 21 heavy (non-hydrogen) atoms. The van der Waals surface area contributed by atoms with Gasteiger partial charge in [-0.05, 0) is 19.1 Å². The van der Waals surface area contributed by atoms with E-state index in [-0.39, 0.29) is 11.7 Å². The Hall–Kier alpha value is -2.70. The van der Waals surface area contributed by atoms with E-state index in [1.54, 1.807) is 45.3 Å². The molecule has 0 aliphatic carbocycles. The van der Waals surface area contributed by atoms with E-state index in [4.69, 9.17) is 5.11 Å². The maximum atomic E-state index is 11.9. The van der Waals surface area contributed by atoms with Crippen molar-refractivity contribution in [1.82, 2.24) is 14.9 Å². The summed E-state index contributed by atoms with van der Waals surface area (Å²) in [6.07, 6.45) is 0. The number of benzene rings is 1. The SMILES string of the molecule is CC(Nc1nc(C(=O)O)nc2ccccc12)C(=O)N(C)C. The number of hydrogen-bond acceptors (Lipinski definition) is 5. The number of amides is 1. The lowest BCUT2D eigenvalue weighted by Gasteiger charge is -2.19. The second-order valence-corrected chi connectivity index (χ2v) is 4.82. The van der Waals surface area contributed by atoms with Crippen molar-refractivity contribution in [2.24, 2.45) is 0 Å². The smallest absolute Gasteiger partial charge is 0.374 e. The van der Waals surface area contributed by atoms with E-state index < -0.39 is 12.0 Å². The van der Waals surface area contributed by atoms with Crippen molar-refractivity contribution in [3.8, 4) is 0 Å². The first kappa shape index (κ1) is 14.7. The summed E-state index contributed by atoms with van der Waals surface area (Å²) >= 11 is 0. The number of nitrogens with one attached hydrogen (secondary N) is 1. The zero-order valence-corrected chi connectivity index (χ0v) is 12.0. The van der Waals surface area contributed by atoms with Gasteiger partial charge >= 0.3 is 5.97 Å². The molecule has 0 saturated carbocycles. The Morgan fingerprint density at radius 2 is 1.90 bits per heavy atom. The molecule has 2 aromatic rings. The predicted molar refractivity (Wildman–Crippen MR) is 78.3 cm³/mol. The van der Waals surface area contributed by atoms with Crippen LogP contribution in [0.3, 0.4) is 0 Å². The number of para-hydroxylation sites is 1. The van der Waals surface area contributed by atoms with Crippen LogP contribution in [0.5, 0.6) is 0 Å². The number of fused-ring (bicyclic) bond motifs is 1. The monoisotopic (exact) mass is 288 g/mol. The van der Waals surface area contributed by atoms with Crippen LogP contribution in [0.2, 0.25) is 0 Å². The van der Waals surface area contributed by atoms with Gasteiger partial charge in [0.25, 0.3) is 0 Å². The molecule has 0 fully saturated rings. The number of aromatic nitrogens is 2. The molecule has 1 aromatic heterocycles. The number of carboxylic acids is 1. The number of nitrogens with zero attached hydrogens (tertiary/aromatic N) is 3. The molecular weight excluding hydrogens is 272 g/mol. The zero-order valence-electron chi connectivity index (χ0n) is 12.0. The van der Waals surface area contributed by atoms with Gasteiger partial charge in [-0.2, -0.15) is 0 Å². The minimum Gasteiger partial charge on any atom is -0.475 e. The maximum absolute atomic E-state index is 11.9. The van der Waals surface area contributed by atoms with Gasteiger partial charge in [-0.1, -0.05) is 12.1 Å². The van der Waals surface area contributed by atoms with Crippen molar-refractivity contribution in [2.45, 2.75) is 13.0 Å². The molecule has 1 unspecified atom stereocenters. The van der Waals surface area contributed by atoms with E-state index in [1.165, 1.54) is 4.90 Å². The number of likely N-dealkylation sites (N-methyl/N-ethyl adjacent to an activating group) is 1. The van der Waals surface area contributed by atoms with Crippen molar-refractivity contribution in [3.05, 3.63) is 30.1 Å². The number of rotatable bonds is 4. The van der Waals surface area contributed by atoms with Crippen LogP contribution in [0, 0.1) is 0 Å². The molecule has 7 nitrogen and oxygen atoms in total. The molecule has 110 valence electrons. The number of anilines is 1. The van der Waals surface area contributed by atoms with Gasteiger partial charge in [-0.3, -0.25) is 4.79 Å². The number of hydrogen-bond donors (Lipinski definition) is 2. The third kappa shape index (κ3) is 3.07. The fourth-order valence-electron chi connectivity index (χ4n) is 1.94. The summed E-state index contributed by atoms with van der Waals surface area (Å²) in [6, 6.07) is 6.51. The lowest BCUT2D eigenvalue weighted by Crippen LogP contribution is -2.37. The Labute approximate surface area is 121 Å². The number of carbonyl (C=O) groups excluding carboxylic acids is 1. The van der Waals surface area contributed by atoms with Crippen LogP contribution in [-0.2, 0) is 4.79 Å². The highest BCUT2D eigenvalue weighted by Crippen LogP contribution is 2.21. The Kier molecular flexibility index (Phi) is 4.02. The summed E-state index contributed by atoms with van der Waals surface area (Å²) in [5.41, 5.74) is 0.511. The highest BCUT2D eigenvalue weighted by Gasteiger charge is 2.18. The second-order valence-electron chi connectivity index (χ2n) is 4.82. The van der Waals surface area contributed by atoms with E-state index >= 15 is 0 Å². The Morgan fingerprint density at radius 1 is 1.24 bits per heavy atom. The molecule has 0 radical (unpaired) electrons. The van der Waals surface area contributed by atoms with Crippen molar-refractivity contribution in [2.75, 3.05) is 19.4 Å². The Bertz CT molecular complexity index is 700. The van der Waals surface area contributed by atoms with Crippen LogP contribution >= 0.6 is 0 Å². The molecule has 1 amide bonds. The van der Waals surface area contributed by atoms with Crippen molar-refractivity contribution >= 4 is 28.6 Å². The second kappa shape index (κ2) is 5.74. The quantitative estimate of drug-likeness (QED) is 0.878. The number of aromatic carboxylic acids is 1. The van der Waals surface area contributed by atoms with Gasteiger partial charge in [0.2, 0.25) is 11.7 Å². The van der Waals surface area contributed by atoms with Gasteiger partial charge in [0.1, 0.15) is 11.9 Å². The summed E-state index contributed by atoms with van der Waals surface area (Å²) in [7, 11) is 3.31. The summed E-state index contributed by atoms with van der Waals surface area (Å²) in [6.45, 7) is 1.69. The van der Waals surface area contributed by atoms with Gasteiger partial charge in [0.15, 0.2) is 0 Å². The van der Waals surface area contributed by atoms with E-state index in [0.717, 1.165) is 0 Å². The van der Waals surface area contributed by atoms with Crippen LogP contribution in [0.15, 0.2) is 24.3 Å². The highest BCUT2D eigenvalue weighted by molar-refractivity contribution is 5.95. The van der Waals surface area contributed by atoms with Crippen LogP contribution in [0.1, 0.15) is 17.5 Å². The highest BCUT2D eigenvalue weighted by atomic mass is 16.4. The fraction of sp³-hybridized carbons (Fsp3) is 0.286. The van der Waals surface area contributed by atoms with Gasteiger partial charge in [-0.25, -0.2) is 14.8 Å². The molecule has 0 spiro atoms. The molecule has 7 heteroatoms. The van der Waals surface area contributed by atoms with E-state index in [1.807, 2.05) is 0 Å². The fourth-order valence-corrected chi connectivity index (χ4v) is 1.94.